The van der Waals surface area contributed by atoms with Gasteiger partial charge >= 0.3 is 0 Å². The highest BCUT2D eigenvalue weighted by molar-refractivity contribution is 5.97. The summed E-state index contributed by atoms with van der Waals surface area (Å²) in [4.78, 5) is 25.4. The smallest absolute Gasteiger partial charge is 0.176 e. The van der Waals surface area contributed by atoms with Gasteiger partial charge in [0.05, 0.1) is 6.54 Å². The normalized spacial score (nSPS) is 20.9. The summed E-state index contributed by atoms with van der Waals surface area (Å²) in [5.74, 6) is 0.481. The maximum absolute atomic E-state index is 12.0. The molecule has 1 aromatic carbocycles. The molecule has 1 aromatic rings. The summed E-state index contributed by atoms with van der Waals surface area (Å²) in [6.07, 6.45) is 0.532. The quantitative estimate of drug-likeness (QED) is 0.822. The average molecular weight is 247 g/mol. The Kier molecular flexibility index (Phi) is 3.77. The van der Waals surface area contributed by atoms with Gasteiger partial charge in [0.1, 0.15) is 11.5 Å². The molecule has 4 heteroatoms. The summed E-state index contributed by atoms with van der Waals surface area (Å²) in [7, 11) is 0. The van der Waals surface area contributed by atoms with Crippen molar-refractivity contribution < 1.29 is 14.7 Å². The predicted octanol–water partition coefficient (Wildman–Crippen LogP) is 1.49. The molecular formula is C14H17NO3. The summed E-state index contributed by atoms with van der Waals surface area (Å²) in [6, 6.07) is 6.26. The van der Waals surface area contributed by atoms with Crippen molar-refractivity contribution in [3.8, 4) is 5.75 Å². The van der Waals surface area contributed by atoms with E-state index in [9.17, 15) is 9.59 Å². The number of nitrogens with zero attached hydrogens (tertiary/aromatic N) is 1. The highest BCUT2D eigenvalue weighted by Gasteiger charge is 2.24. The zero-order valence-corrected chi connectivity index (χ0v) is 10.4. The van der Waals surface area contributed by atoms with Crippen molar-refractivity contribution in [2.75, 3.05) is 19.6 Å². The van der Waals surface area contributed by atoms with E-state index in [0.29, 0.717) is 31.6 Å². The fraction of sp³-hybridized carbons (Fsp3) is 0.429. The third-order valence-electron chi connectivity index (χ3n) is 3.31. The first-order valence-corrected chi connectivity index (χ1v) is 6.13. The van der Waals surface area contributed by atoms with E-state index in [1.807, 2.05) is 11.8 Å². The summed E-state index contributed by atoms with van der Waals surface area (Å²) in [5, 5.41) is 9.16. The summed E-state index contributed by atoms with van der Waals surface area (Å²) >= 11 is 0. The maximum atomic E-state index is 12.0. The Bertz CT molecular complexity index is 453. The van der Waals surface area contributed by atoms with Crippen LogP contribution in [0.25, 0.3) is 0 Å². The number of phenols is 1. The van der Waals surface area contributed by atoms with Crippen LogP contribution in [0.2, 0.25) is 0 Å². The molecule has 1 fully saturated rings. The van der Waals surface area contributed by atoms with E-state index in [4.69, 9.17) is 5.11 Å². The van der Waals surface area contributed by atoms with Crippen LogP contribution >= 0.6 is 0 Å². The number of piperidine rings is 1. The van der Waals surface area contributed by atoms with E-state index in [0.717, 1.165) is 0 Å². The monoisotopic (exact) mass is 247 g/mol. The minimum absolute atomic E-state index is 0.0198. The average Bonchev–Trinajstić information content (AvgIpc) is 2.34. The Morgan fingerprint density at radius 1 is 1.39 bits per heavy atom. The van der Waals surface area contributed by atoms with Gasteiger partial charge < -0.3 is 5.11 Å². The number of ketones is 2. The van der Waals surface area contributed by atoms with Gasteiger partial charge in [-0.1, -0.05) is 6.92 Å². The molecule has 2 rings (SSSR count). The molecule has 4 nitrogen and oxygen atoms in total. The molecule has 1 saturated heterocycles. The zero-order chi connectivity index (χ0) is 13.1. The topological polar surface area (TPSA) is 57.6 Å². The van der Waals surface area contributed by atoms with Crippen LogP contribution in [-0.4, -0.2) is 41.2 Å². The number of Topliss-reactive ketones (excluding diaryl/α,β-unsaturated/α-hetero) is 2. The number of likely N-dealkylation sites (tertiary alicyclic amines) is 1. The van der Waals surface area contributed by atoms with E-state index >= 15 is 0 Å². The van der Waals surface area contributed by atoms with E-state index in [1.54, 1.807) is 12.1 Å². The maximum Gasteiger partial charge on any atom is 0.176 e. The van der Waals surface area contributed by atoms with Gasteiger partial charge in [-0.2, -0.15) is 0 Å². The Morgan fingerprint density at radius 2 is 2.06 bits per heavy atom. The molecule has 1 N–H and O–H groups in total. The zero-order valence-electron chi connectivity index (χ0n) is 10.4. The van der Waals surface area contributed by atoms with Crippen molar-refractivity contribution in [3.63, 3.8) is 0 Å². The van der Waals surface area contributed by atoms with Crippen LogP contribution in [0.3, 0.4) is 0 Å². The highest BCUT2D eigenvalue weighted by atomic mass is 16.3. The van der Waals surface area contributed by atoms with Crippen molar-refractivity contribution in [2.24, 2.45) is 5.92 Å². The van der Waals surface area contributed by atoms with Gasteiger partial charge in [-0.05, 0) is 24.3 Å². The molecule has 1 aliphatic heterocycles. The molecule has 0 radical (unpaired) electrons. The summed E-state index contributed by atoms with van der Waals surface area (Å²) < 4.78 is 0. The molecule has 1 unspecified atom stereocenters. The Labute approximate surface area is 106 Å². The second kappa shape index (κ2) is 5.31. The van der Waals surface area contributed by atoms with Crippen LogP contribution in [0.4, 0.5) is 0 Å². The SMILES string of the molecule is CC1CN(CC(=O)c2ccc(O)cc2)CCC1=O. The van der Waals surface area contributed by atoms with Gasteiger partial charge in [0.25, 0.3) is 0 Å². The van der Waals surface area contributed by atoms with Gasteiger partial charge in [0, 0.05) is 31.0 Å². The van der Waals surface area contributed by atoms with Crippen LogP contribution in [0.5, 0.6) is 5.75 Å². The molecule has 0 aromatic heterocycles. The number of aromatic hydroxyl groups is 1. The number of benzene rings is 1. The van der Waals surface area contributed by atoms with Crippen molar-refractivity contribution in [1.82, 2.24) is 4.90 Å². The van der Waals surface area contributed by atoms with Crippen LogP contribution in [0.1, 0.15) is 23.7 Å². The van der Waals surface area contributed by atoms with Gasteiger partial charge in [-0.25, -0.2) is 0 Å². The molecule has 1 atom stereocenters. The number of carbonyl (C=O) groups excluding carboxylic acids is 2. The lowest BCUT2D eigenvalue weighted by atomic mass is 9.98. The van der Waals surface area contributed by atoms with E-state index in [2.05, 4.69) is 0 Å². The second-order valence-electron chi connectivity index (χ2n) is 4.82. The number of hydrogen-bond donors (Lipinski definition) is 1. The van der Waals surface area contributed by atoms with Gasteiger partial charge in [0.2, 0.25) is 0 Å². The lowest BCUT2D eigenvalue weighted by Crippen LogP contribution is -2.42. The molecule has 0 amide bonds. The first kappa shape index (κ1) is 12.8. The molecular weight excluding hydrogens is 230 g/mol. The molecule has 18 heavy (non-hydrogen) atoms. The lowest BCUT2D eigenvalue weighted by Gasteiger charge is -2.29. The standard InChI is InChI=1S/C14H17NO3/c1-10-8-15(7-6-13(10)17)9-14(18)11-2-4-12(16)5-3-11/h2-5,10,16H,6-9H2,1H3. The molecule has 0 spiro atoms. The summed E-state index contributed by atoms with van der Waals surface area (Å²) in [5.41, 5.74) is 0.595. The Hall–Kier alpha value is -1.68. The third kappa shape index (κ3) is 2.96. The van der Waals surface area contributed by atoms with Crippen molar-refractivity contribution in [1.29, 1.82) is 0 Å². The fourth-order valence-corrected chi connectivity index (χ4v) is 2.18. The lowest BCUT2D eigenvalue weighted by molar-refractivity contribution is -0.125. The van der Waals surface area contributed by atoms with Crippen molar-refractivity contribution in [3.05, 3.63) is 29.8 Å². The van der Waals surface area contributed by atoms with Crippen LogP contribution in [0.15, 0.2) is 24.3 Å². The first-order chi connectivity index (χ1) is 8.56. The van der Waals surface area contributed by atoms with E-state index in [1.165, 1.54) is 12.1 Å². The number of hydrogen-bond acceptors (Lipinski definition) is 4. The van der Waals surface area contributed by atoms with E-state index < -0.39 is 0 Å². The van der Waals surface area contributed by atoms with Crippen LogP contribution in [0, 0.1) is 5.92 Å². The van der Waals surface area contributed by atoms with Gasteiger partial charge in [-0.15, -0.1) is 0 Å². The molecule has 1 aliphatic rings. The second-order valence-corrected chi connectivity index (χ2v) is 4.82. The molecule has 0 aliphatic carbocycles. The third-order valence-corrected chi connectivity index (χ3v) is 3.31. The molecule has 0 bridgehead atoms. The van der Waals surface area contributed by atoms with Crippen molar-refractivity contribution >= 4 is 11.6 Å². The van der Waals surface area contributed by atoms with Gasteiger partial charge in [-0.3, -0.25) is 14.5 Å². The summed E-state index contributed by atoms with van der Waals surface area (Å²) in [6.45, 7) is 3.55. The first-order valence-electron chi connectivity index (χ1n) is 6.13. The minimum atomic E-state index is 0.0198. The Morgan fingerprint density at radius 3 is 2.67 bits per heavy atom. The fourth-order valence-electron chi connectivity index (χ4n) is 2.18. The van der Waals surface area contributed by atoms with Crippen LogP contribution < -0.4 is 0 Å². The molecule has 96 valence electrons. The van der Waals surface area contributed by atoms with Gasteiger partial charge in [0.15, 0.2) is 5.78 Å². The number of rotatable bonds is 3. The van der Waals surface area contributed by atoms with Crippen molar-refractivity contribution in [2.45, 2.75) is 13.3 Å². The minimum Gasteiger partial charge on any atom is -0.508 e. The molecule has 1 heterocycles. The number of carbonyl (C=O) groups is 2. The highest BCUT2D eigenvalue weighted by Crippen LogP contribution is 2.14. The largest absolute Gasteiger partial charge is 0.508 e. The van der Waals surface area contributed by atoms with Crippen LogP contribution in [-0.2, 0) is 4.79 Å². The molecule has 0 saturated carbocycles. The number of phenolic OH excluding ortho intramolecular Hbond substituents is 1. The Balaban J connectivity index is 1.95. The predicted molar refractivity (Wildman–Crippen MR) is 67.7 cm³/mol. The van der Waals surface area contributed by atoms with E-state index in [-0.39, 0.29) is 23.2 Å².